The number of aromatic nitrogens is 1. The predicted octanol–water partition coefficient (Wildman–Crippen LogP) is 3.37. The molecule has 1 amide bonds. The number of pyridine rings is 1. The number of carbonyl (C=O) groups excluding carboxylic acids is 1. The lowest BCUT2D eigenvalue weighted by Gasteiger charge is -2.23. The van der Waals surface area contributed by atoms with Gasteiger partial charge in [0.1, 0.15) is 0 Å². The molecular weight excluding hydrogens is 437 g/mol. The average molecular weight is 458 g/mol. The van der Waals surface area contributed by atoms with Crippen LogP contribution in [0.15, 0.2) is 41.2 Å². The van der Waals surface area contributed by atoms with Crippen LogP contribution >= 0.6 is 11.3 Å². The molecule has 0 aromatic carbocycles. The number of thiophene rings is 1. The van der Waals surface area contributed by atoms with E-state index in [4.69, 9.17) is 19.4 Å². The first-order chi connectivity index (χ1) is 14.7. The second kappa shape index (κ2) is 9.75. The third-order valence-electron chi connectivity index (χ3n) is 4.98. The molecule has 7 nitrogen and oxygen atoms in total. The Kier molecular flexibility index (Phi) is 7.29. The maximum absolute atomic E-state index is 12.5. The number of aliphatic carboxylic acids is 1. The quantitative estimate of drug-likeness (QED) is 0.756. The largest absolute Gasteiger partial charge is 0.490 e. The van der Waals surface area contributed by atoms with Gasteiger partial charge in [-0.3, -0.25) is 9.78 Å². The minimum Gasteiger partial charge on any atom is -0.475 e. The van der Waals surface area contributed by atoms with E-state index in [0.29, 0.717) is 19.8 Å². The van der Waals surface area contributed by atoms with E-state index in [1.54, 1.807) is 17.5 Å². The monoisotopic (exact) mass is 458 g/mol. The van der Waals surface area contributed by atoms with E-state index in [-0.39, 0.29) is 17.6 Å². The number of amides is 1. The van der Waals surface area contributed by atoms with Crippen LogP contribution in [0.4, 0.5) is 13.2 Å². The average Bonchev–Trinajstić information content (AvgIpc) is 3.49. The van der Waals surface area contributed by atoms with E-state index in [9.17, 15) is 18.0 Å². The number of carboxylic acid groups (broad SMARTS) is 1. The smallest absolute Gasteiger partial charge is 0.475 e. The van der Waals surface area contributed by atoms with Crippen molar-refractivity contribution in [1.82, 2.24) is 9.88 Å². The maximum Gasteiger partial charge on any atom is 0.490 e. The van der Waals surface area contributed by atoms with E-state index >= 15 is 0 Å². The number of alkyl halides is 3. The van der Waals surface area contributed by atoms with Crippen molar-refractivity contribution in [3.05, 3.63) is 52.5 Å². The zero-order valence-electron chi connectivity index (χ0n) is 16.4. The summed E-state index contributed by atoms with van der Waals surface area (Å²) in [5, 5.41) is 11.0. The summed E-state index contributed by atoms with van der Waals surface area (Å²) in [6, 6.07) is 7.70. The lowest BCUT2D eigenvalue weighted by molar-refractivity contribution is -0.192. The Labute approximate surface area is 180 Å². The van der Waals surface area contributed by atoms with Gasteiger partial charge < -0.3 is 19.5 Å². The van der Waals surface area contributed by atoms with Crippen LogP contribution < -0.4 is 0 Å². The maximum atomic E-state index is 12.5. The molecule has 0 bridgehead atoms. The van der Waals surface area contributed by atoms with Crippen LogP contribution in [0.3, 0.4) is 0 Å². The number of hydrogen-bond donors (Lipinski definition) is 1. The molecule has 2 aliphatic heterocycles. The zero-order chi connectivity index (χ0) is 22.5. The van der Waals surface area contributed by atoms with Crippen LogP contribution in [-0.4, -0.2) is 64.4 Å². The summed E-state index contributed by atoms with van der Waals surface area (Å²) in [6.07, 6.45) is -1.52. The van der Waals surface area contributed by atoms with Gasteiger partial charge >= 0.3 is 12.1 Å². The highest BCUT2D eigenvalue weighted by molar-refractivity contribution is 7.08. The number of carbonyl (C=O) groups is 2. The van der Waals surface area contributed by atoms with Crippen molar-refractivity contribution >= 4 is 23.2 Å². The second-order valence-corrected chi connectivity index (χ2v) is 8.02. The van der Waals surface area contributed by atoms with Crippen molar-refractivity contribution in [2.45, 2.75) is 37.3 Å². The summed E-state index contributed by atoms with van der Waals surface area (Å²) in [6.45, 7) is 2.50. The van der Waals surface area contributed by atoms with Crippen LogP contribution in [0.25, 0.3) is 0 Å². The molecule has 2 atom stereocenters. The first kappa shape index (κ1) is 23.2. The minimum absolute atomic E-state index is 0.0724. The van der Waals surface area contributed by atoms with Gasteiger partial charge in [-0.25, -0.2) is 4.79 Å². The standard InChI is InChI=1S/C18H20N2O3S.C2HF3O2/c21-17(14-4-8-24-12-14)20-7-5-18(13-20)9-16(11-23-18)22-10-15-3-1-2-6-19-15;3-2(4,5)1(6)7/h1-4,6,8,12,16H,5,7,9-11,13H2;(H,6,7)/t16-,18-;/m0./s1. The molecular formula is C20H21F3N2O5S. The number of hydrogen-bond acceptors (Lipinski definition) is 6. The van der Waals surface area contributed by atoms with Gasteiger partial charge in [-0.1, -0.05) is 6.07 Å². The summed E-state index contributed by atoms with van der Waals surface area (Å²) >= 11 is 1.55. The molecule has 2 aliphatic rings. The summed E-state index contributed by atoms with van der Waals surface area (Å²) in [4.78, 5) is 27.6. The fourth-order valence-corrected chi connectivity index (χ4v) is 4.10. The van der Waals surface area contributed by atoms with Gasteiger partial charge in [0.05, 0.1) is 42.7 Å². The molecule has 31 heavy (non-hydrogen) atoms. The summed E-state index contributed by atoms with van der Waals surface area (Å²) in [5.41, 5.74) is 1.47. The predicted molar refractivity (Wildman–Crippen MR) is 105 cm³/mol. The van der Waals surface area contributed by atoms with Gasteiger partial charge in [0.15, 0.2) is 0 Å². The highest BCUT2D eigenvalue weighted by Gasteiger charge is 2.47. The highest BCUT2D eigenvalue weighted by atomic mass is 32.1. The SMILES string of the molecule is O=C(O)C(F)(F)F.O=C(c1ccsc1)N1CC[C@]2(C[C@H](OCc3ccccn3)CO2)C1. The topological polar surface area (TPSA) is 89.0 Å². The molecule has 11 heteroatoms. The fraction of sp³-hybridized carbons (Fsp3) is 0.450. The molecule has 2 aromatic heterocycles. The molecule has 2 fully saturated rings. The molecule has 4 rings (SSSR count). The van der Waals surface area contributed by atoms with E-state index in [1.807, 2.05) is 39.9 Å². The Morgan fingerprint density at radius 2 is 2.13 bits per heavy atom. The lowest BCUT2D eigenvalue weighted by Crippen LogP contribution is -2.36. The molecule has 4 heterocycles. The van der Waals surface area contributed by atoms with Gasteiger partial charge in [0.25, 0.3) is 5.91 Å². The van der Waals surface area contributed by atoms with Gasteiger partial charge in [-0.05, 0) is 30.0 Å². The first-order valence-corrected chi connectivity index (χ1v) is 10.4. The number of carboxylic acids is 1. The summed E-state index contributed by atoms with van der Waals surface area (Å²) < 4.78 is 43.8. The van der Waals surface area contributed by atoms with Gasteiger partial charge in [-0.2, -0.15) is 24.5 Å². The van der Waals surface area contributed by atoms with Gasteiger partial charge in [-0.15, -0.1) is 0 Å². The van der Waals surface area contributed by atoms with Crippen molar-refractivity contribution in [3.63, 3.8) is 0 Å². The van der Waals surface area contributed by atoms with Crippen molar-refractivity contribution in [2.75, 3.05) is 19.7 Å². The molecule has 0 saturated carbocycles. The lowest BCUT2D eigenvalue weighted by atomic mass is 9.98. The molecule has 0 unspecified atom stereocenters. The first-order valence-electron chi connectivity index (χ1n) is 9.46. The molecule has 0 radical (unpaired) electrons. The molecule has 2 saturated heterocycles. The number of rotatable bonds is 4. The molecule has 168 valence electrons. The zero-order valence-corrected chi connectivity index (χ0v) is 17.2. The Morgan fingerprint density at radius 1 is 1.35 bits per heavy atom. The third-order valence-corrected chi connectivity index (χ3v) is 5.67. The fourth-order valence-electron chi connectivity index (χ4n) is 3.47. The van der Waals surface area contributed by atoms with Crippen LogP contribution in [0.1, 0.15) is 28.9 Å². The Hall–Kier alpha value is -2.50. The van der Waals surface area contributed by atoms with Gasteiger partial charge in [0, 0.05) is 24.5 Å². The van der Waals surface area contributed by atoms with Gasteiger partial charge in [0.2, 0.25) is 0 Å². The van der Waals surface area contributed by atoms with E-state index in [0.717, 1.165) is 30.6 Å². The highest BCUT2D eigenvalue weighted by Crippen LogP contribution is 2.37. The van der Waals surface area contributed by atoms with Crippen molar-refractivity contribution in [2.24, 2.45) is 0 Å². The normalized spacial score (nSPS) is 22.9. The van der Waals surface area contributed by atoms with Crippen LogP contribution in [-0.2, 0) is 20.9 Å². The van der Waals surface area contributed by atoms with Crippen molar-refractivity contribution in [3.8, 4) is 0 Å². The van der Waals surface area contributed by atoms with Crippen LogP contribution in [0, 0.1) is 0 Å². The van der Waals surface area contributed by atoms with E-state index in [1.165, 1.54) is 0 Å². The molecule has 1 N–H and O–H groups in total. The Balaban J connectivity index is 0.000000339. The summed E-state index contributed by atoms with van der Waals surface area (Å²) in [5.74, 6) is -2.65. The van der Waals surface area contributed by atoms with E-state index < -0.39 is 12.1 Å². The molecule has 1 spiro atoms. The van der Waals surface area contributed by atoms with E-state index in [2.05, 4.69) is 4.98 Å². The van der Waals surface area contributed by atoms with Crippen molar-refractivity contribution < 1.29 is 37.3 Å². The molecule has 0 aliphatic carbocycles. The molecule has 2 aromatic rings. The van der Waals surface area contributed by atoms with Crippen LogP contribution in [0.2, 0.25) is 0 Å². The minimum atomic E-state index is -5.08. The number of ether oxygens (including phenoxy) is 2. The Bertz CT molecular complexity index is 879. The summed E-state index contributed by atoms with van der Waals surface area (Å²) in [7, 11) is 0. The number of nitrogens with zero attached hydrogens (tertiary/aromatic N) is 2. The van der Waals surface area contributed by atoms with Crippen LogP contribution in [0.5, 0.6) is 0 Å². The second-order valence-electron chi connectivity index (χ2n) is 7.24. The van der Waals surface area contributed by atoms with Crippen molar-refractivity contribution in [1.29, 1.82) is 0 Å². The number of likely N-dealkylation sites (tertiary alicyclic amines) is 1. The Morgan fingerprint density at radius 3 is 2.74 bits per heavy atom. The number of halogens is 3. The third kappa shape index (κ3) is 6.25.